The maximum atomic E-state index is 13.5. The van der Waals surface area contributed by atoms with Crippen molar-refractivity contribution in [2.45, 2.75) is 50.5 Å². The molecule has 3 amide bonds. The van der Waals surface area contributed by atoms with Crippen LogP contribution >= 0.6 is 0 Å². The highest BCUT2D eigenvalue weighted by atomic mass is 16.5. The van der Waals surface area contributed by atoms with Crippen LogP contribution in [0.5, 0.6) is 0 Å². The van der Waals surface area contributed by atoms with Crippen molar-refractivity contribution < 1.29 is 23.9 Å². The zero-order valence-electron chi connectivity index (χ0n) is 19.7. The highest BCUT2D eigenvalue weighted by molar-refractivity contribution is 6.10. The highest BCUT2D eigenvalue weighted by Crippen LogP contribution is 2.41. The third-order valence-corrected chi connectivity index (χ3v) is 6.92. The molecule has 0 unspecified atom stereocenters. The van der Waals surface area contributed by atoms with Gasteiger partial charge >= 0.3 is 5.97 Å². The topological polar surface area (TPSA) is 84.0 Å². The predicted octanol–water partition coefficient (Wildman–Crippen LogP) is 3.31. The van der Waals surface area contributed by atoms with Crippen LogP contribution in [0.15, 0.2) is 54.6 Å². The number of piperidine rings is 1. The summed E-state index contributed by atoms with van der Waals surface area (Å²) < 4.78 is 5.19. The summed E-state index contributed by atoms with van der Waals surface area (Å²) in [4.78, 5) is 54.6. The third kappa shape index (κ3) is 4.34. The second kappa shape index (κ2) is 9.79. The molecule has 0 spiro atoms. The molecule has 0 N–H and O–H groups in total. The van der Waals surface area contributed by atoms with Gasteiger partial charge in [0, 0.05) is 26.4 Å². The maximum Gasteiger partial charge on any atom is 0.328 e. The first kappa shape index (κ1) is 23.7. The zero-order chi connectivity index (χ0) is 24.3. The first-order chi connectivity index (χ1) is 16.4. The molecule has 2 saturated heterocycles. The van der Waals surface area contributed by atoms with E-state index in [1.807, 2.05) is 54.6 Å². The Kier molecular flexibility index (Phi) is 6.82. The van der Waals surface area contributed by atoms with Gasteiger partial charge in [-0.1, -0.05) is 54.6 Å². The van der Waals surface area contributed by atoms with Gasteiger partial charge < -0.3 is 9.64 Å². The van der Waals surface area contributed by atoms with Crippen LogP contribution in [0.25, 0.3) is 11.1 Å². The van der Waals surface area contributed by atoms with Gasteiger partial charge in [0.1, 0.15) is 6.04 Å². The zero-order valence-corrected chi connectivity index (χ0v) is 19.7. The summed E-state index contributed by atoms with van der Waals surface area (Å²) in [5.74, 6) is -1.42. The molecule has 7 nitrogen and oxygen atoms in total. The monoisotopic (exact) mass is 462 g/mol. The number of likely N-dealkylation sites (N-methyl/N-ethyl adjacent to an activating group) is 1. The molecular weight excluding hydrogens is 432 g/mol. The second-order valence-electron chi connectivity index (χ2n) is 8.99. The lowest BCUT2D eigenvalue weighted by Gasteiger charge is -2.36. The normalized spacial score (nSPS) is 22.7. The van der Waals surface area contributed by atoms with Crippen LogP contribution in [0, 0.1) is 0 Å². The molecule has 2 heterocycles. The lowest BCUT2D eigenvalue weighted by Crippen LogP contribution is -2.51. The van der Waals surface area contributed by atoms with Crippen LogP contribution in [0.2, 0.25) is 0 Å². The van der Waals surface area contributed by atoms with Gasteiger partial charge in [-0.3, -0.25) is 19.3 Å². The van der Waals surface area contributed by atoms with Crippen LogP contribution in [-0.2, 0) is 29.3 Å². The van der Waals surface area contributed by atoms with Gasteiger partial charge in [-0.2, -0.15) is 0 Å². The second-order valence-corrected chi connectivity index (χ2v) is 8.99. The Hall–Kier alpha value is -3.48. The van der Waals surface area contributed by atoms with E-state index in [0.717, 1.165) is 28.9 Å². The fraction of sp³-hybridized carbons (Fsp3) is 0.407. The average molecular weight is 463 g/mol. The molecule has 2 aliphatic rings. The van der Waals surface area contributed by atoms with E-state index in [0.29, 0.717) is 18.5 Å². The van der Waals surface area contributed by atoms with E-state index >= 15 is 0 Å². The molecule has 2 aromatic rings. The lowest BCUT2D eigenvalue weighted by molar-refractivity contribution is -0.157. The van der Waals surface area contributed by atoms with E-state index in [-0.39, 0.29) is 37.2 Å². The van der Waals surface area contributed by atoms with Crippen molar-refractivity contribution in [2.75, 3.05) is 20.2 Å². The number of rotatable bonds is 6. The predicted molar refractivity (Wildman–Crippen MR) is 127 cm³/mol. The Balaban J connectivity index is 1.66. The molecule has 0 bridgehead atoms. The van der Waals surface area contributed by atoms with Crippen LogP contribution in [0.4, 0.5) is 0 Å². The largest absolute Gasteiger partial charge is 0.464 e. The quantitative estimate of drug-likeness (QED) is 0.486. The van der Waals surface area contributed by atoms with Crippen LogP contribution in [-0.4, -0.2) is 59.7 Å². The Labute approximate surface area is 199 Å². The molecule has 0 aromatic heterocycles. The SMILES string of the molecule is CCOC(=O)[C@@H]1CCCCN1C(=O)C[C@]1(c2ccc(-c3ccccc3)cc2)CC(=O)N(C)C1=O. The minimum Gasteiger partial charge on any atom is -0.464 e. The molecule has 7 heteroatoms. The molecule has 0 radical (unpaired) electrons. The number of imide groups is 1. The summed E-state index contributed by atoms with van der Waals surface area (Å²) in [5.41, 5.74) is 1.37. The number of carbonyl (C=O) groups is 4. The van der Waals surface area contributed by atoms with Crippen LogP contribution < -0.4 is 0 Å². The van der Waals surface area contributed by atoms with Gasteiger partial charge in [-0.15, -0.1) is 0 Å². The van der Waals surface area contributed by atoms with Crippen molar-refractivity contribution in [1.29, 1.82) is 0 Å². The molecular formula is C27H30N2O5. The fourth-order valence-corrected chi connectivity index (χ4v) is 5.04. The summed E-state index contributed by atoms with van der Waals surface area (Å²) in [5, 5.41) is 0. The average Bonchev–Trinajstić information content (AvgIpc) is 3.08. The van der Waals surface area contributed by atoms with E-state index in [1.54, 1.807) is 6.92 Å². The number of hydrogen-bond acceptors (Lipinski definition) is 5. The Morgan fingerprint density at radius 1 is 1.00 bits per heavy atom. The number of ether oxygens (including phenoxy) is 1. The van der Waals surface area contributed by atoms with E-state index < -0.39 is 17.4 Å². The molecule has 2 aromatic carbocycles. The third-order valence-electron chi connectivity index (χ3n) is 6.92. The minimum atomic E-state index is -1.28. The van der Waals surface area contributed by atoms with Crippen molar-refractivity contribution in [3.8, 4) is 11.1 Å². The van der Waals surface area contributed by atoms with Gasteiger partial charge in [0.2, 0.25) is 17.7 Å². The van der Waals surface area contributed by atoms with E-state index in [1.165, 1.54) is 11.9 Å². The molecule has 2 atom stereocenters. The number of amides is 3. The van der Waals surface area contributed by atoms with E-state index in [2.05, 4.69) is 0 Å². The summed E-state index contributed by atoms with van der Waals surface area (Å²) in [6, 6.07) is 16.7. The van der Waals surface area contributed by atoms with Gasteiger partial charge in [0.05, 0.1) is 12.0 Å². The number of hydrogen-bond donors (Lipinski definition) is 0. The molecule has 34 heavy (non-hydrogen) atoms. The number of likely N-dealkylation sites (tertiary alicyclic amines) is 2. The van der Waals surface area contributed by atoms with Crippen molar-refractivity contribution in [3.05, 3.63) is 60.2 Å². The first-order valence-electron chi connectivity index (χ1n) is 11.8. The fourth-order valence-electron chi connectivity index (χ4n) is 5.04. The molecule has 2 aliphatic heterocycles. The van der Waals surface area contributed by atoms with Crippen LogP contribution in [0.1, 0.15) is 44.6 Å². The standard InChI is InChI=1S/C27H30N2O5/c1-3-34-25(32)22-11-7-8-16-29(22)24(31)18-27(17-23(30)28(2)26(27)33)21-14-12-20(13-15-21)19-9-5-4-6-10-19/h4-6,9-10,12-15,22H,3,7-8,11,16-18H2,1-2H3/t22-,27-/m0/s1. The number of nitrogens with zero attached hydrogens (tertiary/aromatic N) is 2. The molecule has 0 saturated carbocycles. The van der Waals surface area contributed by atoms with Gasteiger partial charge in [-0.25, -0.2) is 4.79 Å². The Morgan fingerprint density at radius 3 is 2.29 bits per heavy atom. The Morgan fingerprint density at radius 2 is 1.68 bits per heavy atom. The molecule has 0 aliphatic carbocycles. The van der Waals surface area contributed by atoms with E-state index in [9.17, 15) is 19.2 Å². The summed E-state index contributed by atoms with van der Waals surface area (Å²) in [6.07, 6.45) is 1.92. The van der Waals surface area contributed by atoms with Gasteiger partial charge in [-0.05, 0) is 42.9 Å². The maximum absolute atomic E-state index is 13.5. The first-order valence-corrected chi connectivity index (χ1v) is 11.8. The highest BCUT2D eigenvalue weighted by Gasteiger charge is 2.53. The molecule has 178 valence electrons. The van der Waals surface area contributed by atoms with Crippen molar-refractivity contribution in [2.24, 2.45) is 0 Å². The van der Waals surface area contributed by atoms with Crippen molar-refractivity contribution in [1.82, 2.24) is 9.80 Å². The summed E-state index contributed by atoms with van der Waals surface area (Å²) >= 11 is 0. The molecule has 4 rings (SSSR count). The van der Waals surface area contributed by atoms with Crippen molar-refractivity contribution in [3.63, 3.8) is 0 Å². The van der Waals surface area contributed by atoms with Crippen LogP contribution in [0.3, 0.4) is 0 Å². The Bertz CT molecular complexity index is 1080. The number of benzene rings is 2. The number of esters is 1. The van der Waals surface area contributed by atoms with Crippen molar-refractivity contribution >= 4 is 23.7 Å². The van der Waals surface area contributed by atoms with E-state index in [4.69, 9.17) is 4.74 Å². The van der Waals surface area contributed by atoms with Gasteiger partial charge in [0.25, 0.3) is 0 Å². The lowest BCUT2D eigenvalue weighted by atomic mass is 9.75. The number of carbonyl (C=O) groups excluding carboxylic acids is 4. The smallest absolute Gasteiger partial charge is 0.328 e. The summed E-state index contributed by atoms with van der Waals surface area (Å²) in [6.45, 7) is 2.41. The molecule has 2 fully saturated rings. The van der Waals surface area contributed by atoms with Gasteiger partial charge in [0.15, 0.2) is 0 Å². The summed E-state index contributed by atoms with van der Waals surface area (Å²) in [7, 11) is 1.46. The minimum absolute atomic E-state index is 0.0727.